The van der Waals surface area contributed by atoms with Gasteiger partial charge < -0.3 is 93.1 Å². The van der Waals surface area contributed by atoms with E-state index >= 15 is 0 Å². The van der Waals surface area contributed by atoms with Crippen LogP contribution in [0.25, 0.3) is 35.7 Å². The van der Waals surface area contributed by atoms with E-state index in [1.807, 2.05) is 72.8 Å². The van der Waals surface area contributed by atoms with Crippen LogP contribution in [0.2, 0.25) is 0 Å². The molecule has 2 atom stereocenters. The smallest absolute Gasteiger partial charge is 0.225 e. The van der Waals surface area contributed by atoms with Crippen molar-refractivity contribution in [1.29, 1.82) is 0 Å². The van der Waals surface area contributed by atoms with Gasteiger partial charge in [0, 0.05) is 16.7 Å². The second-order valence-corrected chi connectivity index (χ2v) is 18.3. The maximum atomic E-state index is 8.93. The van der Waals surface area contributed by atoms with Gasteiger partial charge in [0.15, 0.2) is 17.3 Å². The standard InChI is InChI=1S/C59H89N5O17/c1-5-45(3)43-80-52-42-51(53(81-44-46(4)6-2)41-50(52)13-9-47-7-11-49(12-8-47)57-62-58(60)64-59(61)63-57)14-10-48-39-54(77-36-33-74-30-27-71-24-21-68-18-15-65)56(79-38-35-76-32-29-73-26-23-70-20-17-67)55(40-48)78-37-34-75-31-28-72-25-22-69-19-16-66/h7-14,39-42,45-46,65-67H,5-6,15-38,43-44H2,1-4H3,(H4,60,61,62,63,64)/b13-9+,14-10+/t45-,46-/m0/s1. The zero-order valence-electron chi connectivity index (χ0n) is 47.9. The highest BCUT2D eigenvalue weighted by Crippen LogP contribution is 2.40. The number of hydrogen-bond acceptors (Lipinski definition) is 22. The van der Waals surface area contributed by atoms with Crippen molar-refractivity contribution < 1.29 is 81.6 Å². The molecule has 0 amide bonds. The Morgan fingerprint density at radius 1 is 0.395 bits per heavy atom. The third-order valence-electron chi connectivity index (χ3n) is 11.8. The van der Waals surface area contributed by atoms with Gasteiger partial charge in [-0.1, -0.05) is 89.1 Å². The molecule has 0 aliphatic heterocycles. The van der Waals surface area contributed by atoms with Gasteiger partial charge in [0.05, 0.1) is 152 Å². The summed E-state index contributed by atoms with van der Waals surface area (Å²) in [5.74, 6) is 3.66. The number of hydrogen-bond donors (Lipinski definition) is 5. The number of aliphatic hydroxyl groups is 3. The van der Waals surface area contributed by atoms with Gasteiger partial charge in [0.25, 0.3) is 0 Å². The fourth-order valence-electron chi connectivity index (χ4n) is 6.95. The van der Waals surface area contributed by atoms with E-state index in [1.165, 1.54) is 0 Å². The first-order valence-corrected chi connectivity index (χ1v) is 27.9. The molecule has 1 heterocycles. The summed E-state index contributed by atoms with van der Waals surface area (Å²) in [5, 5.41) is 26.8. The molecular weight excluding hydrogens is 1050 g/mol. The number of rotatable bonds is 49. The molecular formula is C59H89N5O17. The van der Waals surface area contributed by atoms with E-state index in [0.717, 1.165) is 40.7 Å². The molecule has 0 bridgehead atoms. The second kappa shape index (κ2) is 43.0. The molecule has 0 aliphatic rings. The number of aliphatic hydroxyl groups excluding tert-OH is 3. The van der Waals surface area contributed by atoms with E-state index in [-0.39, 0.29) is 91.2 Å². The van der Waals surface area contributed by atoms with Crippen molar-refractivity contribution in [3.63, 3.8) is 0 Å². The van der Waals surface area contributed by atoms with Gasteiger partial charge in [0.1, 0.15) is 31.3 Å². The van der Waals surface area contributed by atoms with Gasteiger partial charge in [-0.3, -0.25) is 0 Å². The van der Waals surface area contributed by atoms with Crippen molar-refractivity contribution >= 4 is 36.2 Å². The SMILES string of the molecule is CC[C@H](C)COc1cc(/C=C/c2cc(OCCOCCOCCOCCO)c(OCCOCCOCCOCCO)c(OCCOCCOCCOCCO)c2)c(OC[C@@H](C)CC)cc1/C=C/c1ccc(-c2nc(N)nc(N)n2)cc1. The number of ether oxygens (including phenoxy) is 14. The Labute approximate surface area is 477 Å². The first kappa shape index (κ1) is 67.8. The first-order chi connectivity index (χ1) is 39.7. The molecule has 0 aliphatic carbocycles. The van der Waals surface area contributed by atoms with E-state index in [1.54, 1.807) is 0 Å². The third kappa shape index (κ3) is 29.2. The van der Waals surface area contributed by atoms with Crippen LogP contribution >= 0.6 is 0 Å². The Hall–Kier alpha value is -5.73. The second-order valence-electron chi connectivity index (χ2n) is 18.3. The monoisotopic (exact) mass is 1140 g/mol. The number of nitrogens with two attached hydrogens (primary N) is 2. The van der Waals surface area contributed by atoms with Crippen LogP contribution in [-0.2, 0) is 42.6 Å². The molecule has 0 saturated heterocycles. The quantitative estimate of drug-likeness (QED) is 0.0245. The summed E-state index contributed by atoms with van der Waals surface area (Å²) < 4.78 is 82.5. The summed E-state index contributed by atoms with van der Waals surface area (Å²) in [6.07, 6.45) is 9.88. The molecule has 0 radical (unpaired) electrons. The van der Waals surface area contributed by atoms with E-state index < -0.39 is 0 Å². The Balaban J connectivity index is 1.66. The van der Waals surface area contributed by atoms with Gasteiger partial charge in [-0.15, -0.1) is 0 Å². The van der Waals surface area contributed by atoms with Crippen LogP contribution in [-0.4, -0.2) is 202 Å². The maximum Gasteiger partial charge on any atom is 0.225 e. The molecule has 4 rings (SSSR count). The van der Waals surface area contributed by atoms with Crippen molar-refractivity contribution in [2.24, 2.45) is 11.8 Å². The van der Waals surface area contributed by atoms with E-state index in [4.69, 9.17) is 93.1 Å². The summed E-state index contributed by atoms with van der Waals surface area (Å²) in [7, 11) is 0. The summed E-state index contributed by atoms with van der Waals surface area (Å²) in [5.41, 5.74) is 15.7. The van der Waals surface area contributed by atoms with Gasteiger partial charge in [-0.2, -0.15) is 15.0 Å². The van der Waals surface area contributed by atoms with Gasteiger partial charge in [-0.25, -0.2) is 0 Å². The highest BCUT2D eigenvalue weighted by molar-refractivity contribution is 5.80. The molecule has 81 heavy (non-hydrogen) atoms. The molecule has 7 N–H and O–H groups in total. The molecule has 4 aromatic rings. The summed E-state index contributed by atoms with van der Waals surface area (Å²) in [6.45, 7) is 15.9. The fourth-order valence-corrected chi connectivity index (χ4v) is 6.95. The zero-order valence-corrected chi connectivity index (χ0v) is 47.9. The van der Waals surface area contributed by atoms with Gasteiger partial charge >= 0.3 is 0 Å². The average Bonchev–Trinajstić information content (AvgIpc) is 3.48. The van der Waals surface area contributed by atoms with Crippen molar-refractivity contribution in [1.82, 2.24) is 15.0 Å². The molecule has 22 nitrogen and oxygen atoms in total. The predicted octanol–water partition coefficient (Wildman–Crippen LogP) is 6.16. The Morgan fingerprint density at radius 3 is 1.11 bits per heavy atom. The van der Waals surface area contributed by atoms with Crippen molar-refractivity contribution in [2.45, 2.75) is 40.5 Å². The molecule has 22 heteroatoms. The minimum Gasteiger partial charge on any atom is -0.493 e. The van der Waals surface area contributed by atoms with Gasteiger partial charge in [-0.05, 0) is 47.2 Å². The van der Waals surface area contributed by atoms with Crippen LogP contribution in [0.3, 0.4) is 0 Å². The lowest BCUT2D eigenvalue weighted by Gasteiger charge is -2.19. The number of nitrogens with zero attached hydrogens (tertiary/aromatic N) is 3. The van der Waals surface area contributed by atoms with E-state index in [2.05, 4.69) is 42.6 Å². The molecule has 1 aromatic heterocycles. The zero-order chi connectivity index (χ0) is 58.0. The van der Waals surface area contributed by atoms with Crippen molar-refractivity contribution in [3.8, 4) is 40.1 Å². The van der Waals surface area contributed by atoms with Crippen LogP contribution in [0.1, 0.15) is 62.8 Å². The molecule has 3 aromatic carbocycles. The summed E-state index contributed by atoms with van der Waals surface area (Å²) in [6, 6.07) is 15.5. The third-order valence-corrected chi connectivity index (χ3v) is 11.8. The first-order valence-electron chi connectivity index (χ1n) is 27.9. The highest BCUT2D eigenvalue weighted by Gasteiger charge is 2.18. The molecule has 0 spiro atoms. The molecule has 452 valence electrons. The number of benzene rings is 3. The van der Waals surface area contributed by atoms with Crippen molar-refractivity contribution in [3.05, 3.63) is 70.8 Å². The van der Waals surface area contributed by atoms with E-state index in [9.17, 15) is 0 Å². The van der Waals surface area contributed by atoms with Crippen LogP contribution in [0.5, 0.6) is 28.7 Å². The Bertz CT molecular complexity index is 2260. The minimum atomic E-state index is -0.0418. The normalized spacial score (nSPS) is 12.4. The maximum absolute atomic E-state index is 8.93. The molecule has 0 saturated carbocycles. The molecule has 0 fully saturated rings. The minimum absolute atomic E-state index is 0.0415. The Morgan fingerprint density at radius 2 is 0.741 bits per heavy atom. The average molecular weight is 1140 g/mol. The predicted molar refractivity (Wildman–Crippen MR) is 310 cm³/mol. The summed E-state index contributed by atoms with van der Waals surface area (Å²) >= 11 is 0. The number of anilines is 2. The van der Waals surface area contributed by atoms with Crippen LogP contribution in [0.4, 0.5) is 11.9 Å². The van der Waals surface area contributed by atoms with Gasteiger partial charge in [0.2, 0.25) is 17.6 Å². The van der Waals surface area contributed by atoms with Crippen LogP contribution in [0.15, 0.2) is 48.5 Å². The Kier molecular flexibility index (Phi) is 36.0. The summed E-state index contributed by atoms with van der Waals surface area (Å²) in [4.78, 5) is 12.4. The van der Waals surface area contributed by atoms with Crippen molar-refractivity contribution in [2.75, 3.05) is 183 Å². The van der Waals surface area contributed by atoms with E-state index in [0.29, 0.717) is 139 Å². The molecule has 0 unspecified atom stereocenters. The lowest BCUT2D eigenvalue weighted by atomic mass is 10.0. The van der Waals surface area contributed by atoms with Crippen LogP contribution in [0, 0.1) is 11.8 Å². The number of nitrogen functional groups attached to an aromatic ring is 2. The number of aromatic nitrogens is 3. The fraction of sp³-hybridized carbons (Fsp3) is 0.576. The largest absolute Gasteiger partial charge is 0.493 e. The topological polar surface area (TPSA) is 281 Å². The highest BCUT2D eigenvalue weighted by atomic mass is 16.6. The lowest BCUT2D eigenvalue weighted by Crippen LogP contribution is -2.16. The van der Waals surface area contributed by atoms with Crippen LogP contribution < -0.4 is 35.2 Å². The lowest BCUT2D eigenvalue weighted by molar-refractivity contribution is 0.00156.